The number of benzene rings is 6. The first kappa shape index (κ1) is 42.7. The molecule has 15 heteroatoms. The number of carbonyl (C=O) groups is 2. The van der Waals surface area contributed by atoms with Gasteiger partial charge in [-0.3, -0.25) is 9.44 Å². The molecule has 0 saturated carbocycles. The van der Waals surface area contributed by atoms with Gasteiger partial charge in [-0.2, -0.15) is 0 Å². The number of carboxylic acids is 2. The lowest BCUT2D eigenvalue weighted by Crippen LogP contribution is -2.16. The van der Waals surface area contributed by atoms with E-state index in [1.54, 1.807) is 85.8 Å². The Bertz CT molecular complexity index is 2640. The van der Waals surface area contributed by atoms with E-state index in [1.165, 1.54) is 30.3 Å². The Kier molecular flexibility index (Phi) is 13.7. The minimum atomic E-state index is -4.42. The van der Waals surface area contributed by atoms with Gasteiger partial charge in [0.15, 0.2) is 4.90 Å². The van der Waals surface area contributed by atoms with Gasteiger partial charge < -0.3 is 10.2 Å². The maximum absolute atomic E-state index is 13.8. The van der Waals surface area contributed by atoms with Crippen molar-refractivity contribution in [1.29, 1.82) is 0 Å². The minimum Gasteiger partial charge on any atom is -0.478 e. The van der Waals surface area contributed by atoms with Crippen molar-refractivity contribution in [2.24, 2.45) is 0 Å². The lowest BCUT2D eigenvalue weighted by Gasteiger charge is -2.11. The summed E-state index contributed by atoms with van der Waals surface area (Å²) < 4.78 is 95.2. The summed E-state index contributed by atoms with van der Waals surface area (Å²) in [6.45, 7) is 1.60. The van der Waals surface area contributed by atoms with E-state index in [0.29, 0.717) is 42.5 Å². The maximum Gasteiger partial charge on any atom is 0.335 e. The zero-order valence-electron chi connectivity index (χ0n) is 30.8. The standard InChI is InChI=1S/C22H20FNO4S.C21H17F2NO4S/c1-15-6-11-18(23)14-21(15)29(27,28)24-19-12-8-16(9-13-19)7-10-17-4-2-3-5-20(17)22(25)26;22-18-6-3-7-19(23)20(18)29(27,28)24-16-12-9-14(10-13-16)8-11-15-4-1-2-5-17(15)21(25)26/h2-6,8-9,11-14,24H,7,10H2,1H3,(H,25,26);1-7,9-10,12-13,24H,8,11H2,(H,25,26). The molecule has 0 amide bonds. The number of rotatable bonds is 14. The Labute approximate surface area is 333 Å². The second-order valence-corrected chi connectivity index (χ2v) is 16.3. The third-order valence-electron chi connectivity index (χ3n) is 8.90. The van der Waals surface area contributed by atoms with Gasteiger partial charge in [-0.15, -0.1) is 0 Å². The molecule has 0 fully saturated rings. The van der Waals surface area contributed by atoms with Crippen LogP contribution in [0.3, 0.4) is 0 Å². The van der Waals surface area contributed by atoms with Crippen LogP contribution in [-0.2, 0) is 45.7 Å². The van der Waals surface area contributed by atoms with Gasteiger partial charge >= 0.3 is 11.9 Å². The van der Waals surface area contributed by atoms with Crippen LogP contribution < -0.4 is 9.44 Å². The molecule has 0 atom stereocenters. The molecule has 0 bridgehead atoms. The average Bonchev–Trinajstić information content (AvgIpc) is 3.18. The van der Waals surface area contributed by atoms with Crippen molar-refractivity contribution in [3.63, 3.8) is 0 Å². The Morgan fingerprint density at radius 3 is 1.41 bits per heavy atom. The lowest BCUT2D eigenvalue weighted by molar-refractivity contribution is 0.0684. The number of anilines is 2. The topological polar surface area (TPSA) is 167 Å². The maximum atomic E-state index is 13.8. The molecule has 6 aromatic rings. The van der Waals surface area contributed by atoms with Crippen LogP contribution in [0.4, 0.5) is 24.5 Å². The summed E-state index contributed by atoms with van der Waals surface area (Å²) in [5.74, 6) is -4.92. The highest BCUT2D eigenvalue weighted by Crippen LogP contribution is 2.24. The summed E-state index contributed by atoms with van der Waals surface area (Å²) in [5.41, 5.74) is 4.72. The molecule has 0 aliphatic rings. The third kappa shape index (κ3) is 11.1. The molecule has 300 valence electrons. The number of nitrogens with one attached hydrogen (secondary N) is 2. The number of hydrogen-bond acceptors (Lipinski definition) is 6. The number of aromatic carboxylic acids is 2. The fourth-order valence-corrected chi connectivity index (χ4v) is 8.46. The van der Waals surface area contributed by atoms with Gasteiger partial charge in [-0.25, -0.2) is 39.6 Å². The highest BCUT2D eigenvalue weighted by Gasteiger charge is 2.24. The normalized spacial score (nSPS) is 11.2. The first-order chi connectivity index (χ1) is 27.5. The van der Waals surface area contributed by atoms with Crippen molar-refractivity contribution in [1.82, 2.24) is 0 Å². The van der Waals surface area contributed by atoms with E-state index < -0.39 is 54.3 Å². The fourth-order valence-electron chi connectivity index (χ4n) is 5.95. The number of aryl methyl sites for hydroxylation is 5. The van der Waals surface area contributed by atoms with E-state index in [9.17, 15) is 49.8 Å². The van der Waals surface area contributed by atoms with Crippen LogP contribution in [0.15, 0.2) is 143 Å². The molecular formula is C43H37F3N2O8S2. The molecule has 0 spiro atoms. The largest absolute Gasteiger partial charge is 0.478 e. The predicted molar refractivity (Wildman–Crippen MR) is 214 cm³/mol. The summed E-state index contributed by atoms with van der Waals surface area (Å²) in [6, 6.07) is 33.1. The van der Waals surface area contributed by atoms with E-state index in [2.05, 4.69) is 9.44 Å². The summed E-state index contributed by atoms with van der Waals surface area (Å²) in [5, 5.41) is 18.5. The van der Waals surface area contributed by atoms with Crippen molar-refractivity contribution in [3.05, 3.63) is 190 Å². The number of carboxylic acid groups (broad SMARTS) is 2. The van der Waals surface area contributed by atoms with E-state index in [0.717, 1.165) is 41.0 Å². The zero-order valence-corrected chi connectivity index (χ0v) is 32.5. The Morgan fingerprint density at radius 1 is 0.534 bits per heavy atom. The van der Waals surface area contributed by atoms with Crippen LogP contribution in [0.5, 0.6) is 0 Å². The van der Waals surface area contributed by atoms with Crippen LogP contribution in [-0.4, -0.2) is 39.0 Å². The fraction of sp³-hybridized carbons (Fsp3) is 0.116. The second-order valence-electron chi connectivity index (χ2n) is 13.0. The smallest absolute Gasteiger partial charge is 0.335 e. The van der Waals surface area contributed by atoms with E-state index in [-0.39, 0.29) is 21.7 Å². The minimum absolute atomic E-state index is 0.105. The molecule has 0 aliphatic carbocycles. The molecule has 6 rings (SSSR count). The van der Waals surface area contributed by atoms with Gasteiger partial charge in [0.25, 0.3) is 20.0 Å². The van der Waals surface area contributed by atoms with Crippen molar-refractivity contribution >= 4 is 43.4 Å². The average molecular weight is 831 g/mol. The first-order valence-electron chi connectivity index (χ1n) is 17.6. The molecule has 6 aromatic carbocycles. The molecule has 4 N–H and O–H groups in total. The molecular weight excluding hydrogens is 794 g/mol. The summed E-state index contributed by atoms with van der Waals surface area (Å²) in [7, 11) is -8.33. The number of hydrogen-bond donors (Lipinski definition) is 4. The number of halogens is 3. The second kappa shape index (κ2) is 18.7. The molecule has 58 heavy (non-hydrogen) atoms. The summed E-state index contributed by atoms with van der Waals surface area (Å²) in [4.78, 5) is 21.4. The molecule has 0 saturated heterocycles. The molecule has 0 aromatic heterocycles. The first-order valence-corrected chi connectivity index (χ1v) is 20.6. The Balaban J connectivity index is 0.000000221. The summed E-state index contributed by atoms with van der Waals surface area (Å²) >= 11 is 0. The highest BCUT2D eigenvalue weighted by molar-refractivity contribution is 7.93. The van der Waals surface area contributed by atoms with Crippen LogP contribution in [0.2, 0.25) is 0 Å². The third-order valence-corrected chi connectivity index (χ3v) is 11.9. The van der Waals surface area contributed by atoms with Crippen molar-refractivity contribution < 1.29 is 49.8 Å². The Hall–Kier alpha value is -6.45. The van der Waals surface area contributed by atoms with Crippen LogP contribution in [0.1, 0.15) is 48.5 Å². The predicted octanol–water partition coefficient (Wildman–Crippen LogP) is 8.67. The molecule has 0 heterocycles. The van der Waals surface area contributed by atoms with Gasteiger partial charge in [0.2, 0.25) is 0 Å². The van der Waals surface area contributed by atoms with Gasteiger partial charge in [0.05, 0.1) is 16.0 Å². The SMILES string of the molecule is Cc1ccc(F)cc1S(=O)(=O)Nc1ccc(CCc2ccccc2C(=O)O)cc1.O=C(O)c1ccccc1CCc1ccc(NS(=O)(=O)c2c(F)cccc2F)cc1. The van der Waals surface area contributed by atoms with Crippen molar-refractivity contribution in [2.45, 2.75) is 42.4 Å². The van der Waals surface area contributed by atoms with Crippen molar-refractivity contribution in [3.8, 4) is 0 Å². The van der Waals surface area contributed by atoms with Crippen molar-refractivity contribution in [2.75, 3.05) is 9.44 Å². The van der Waals surface area contributed by atoms with E-state index in [1.807, 2.05) is 0 Å². The Morgan fingerprint density at radius 2 is 0.966 bits per heavy atom. The molecule has 0 radical (unpaired) electrons. The molecule has 0 aliphatic heterocycles. The van der Waals surface area contributed by atoms with Crippen LogP contribution >= 0.6 is 0 Å². The quantitative estimate of drug-likeness (QED) is 0.0847. The summed E-state index contributed by atoms with van der Waals surface area (Å²) in [6.07, 6.45) is 2.20. The van der Waals surface area contributed by atoms with Crippen LogP contribution in [0, 0.1) is 24.4 Å². The van der Waals surface area contributed by atoms with Gasteiger partial charge in [-0.1, -0.05) is 72.8 Å². The monoisotopic (exact) mass is 830 g/mol. The van der Waals surface area contributed by atoms with Gasteiger partial charge in [0, 0.05) is 11.4 Å². The molecule has 0 unspecified atom stereocenters. The van der Waals surface area contributed by atoms with Crippen LogP contribution in [0.25, 0.3) is 0 Å². The lowest BCUT2D eigenvalue weighted by atomic mass is 10.00. The van der Waals surface area contributed by atoms with Gasteiger partial charge in [0.1, 0.15) is 17.5 Å². The molecule has 10 nitrogen and oxygen atoms in total. The van der Waals surface area contributed by atoms with Gasteiger partial charge in [-0.05, 0) is 121 Å². The number of sulfonamides is 2. The van der Waals surface area contributed by atoms with E-state index in [4.69, 9.17) is 0 Å². The zero-order chi connectivity index (χ0) is 42.0. The highest BCUT2D eigenvalue weighted by atomic mass is 32.2. The van der Waals surface area contributed by atoms with E-state index >= 15 is 0 Å².